The molecule has 0 bridgehead atoms. The Bertz CT molecular complexity index is 841. The second-order valence-corrected chi connectivity index (χ2v) is 4.46. The zero-order chi connectivity index (χ0) is 15.1. The first-order chi connectivity index (χ1) is 9.95. The first kappa shape index (κ1) is 12.9. The van der Waals surface area contributed by atoms with Crippen LogP contribution in [0.3, 0.4) is 0 Å². The van der Waals surface area contributed by atoms with Crippen molar-refractivity contribution >= 4 is 22.9 Å². The fourth-order valence-corrected chi connectivity index (χ4v) is 1.98. The maximum Gasteiger partial charge on any atom is 0.374 e. The van der Waals surface area contributed by atoms with Crippen molar-refractivity contribution in [1.29, 1.82) is 0 Å². The quantitative estimate of drug-likeness (QED) is 0.761. The molecule has 2 N–H and O–H groups in total. The Labute approximate surface area is 117 Å². The molecular weight excluding hydrogens is 278 g/mol. The number of aryl methyl sites for hydroxylation is 1. The number of oxazole rings is 1. The van der Waals surface area contributed by atoms with E-state index in [1.807, 2.05) is 19.1 Å². The van der Waals surface area contributed by atoms with Gasteiger partial charge >= 0.3 is 11.9 Å². The number of carboxylic acids is 2. The van der Waals surface area contributed by atoms with Crippen LogP contribution in [-0.2, 0) is 0 Å². The van der Waals surface area contributed by atoms with Crippen LogP contribution in [0.25, 0.3) is 22.6 Å². The van der Waals surface area contributed by atoms with Gasteiger partial charge in [0.2, 0.25) is 11.5 Å². The van der Waals surface area contributed by atoms with E-state index in [-0.39, 0.29) is 11.7 Å². The zero-order valence-electron chi connectivity index (χ0n) is 10.8. The monoisotopic (exact) mass is 287 g/mol. The van der Waals surface area contributed by atoms with Crippen molar-refractivity contribution in [3.8, 4) is 11.7 Å². The molecule has 1 aromatic carbocycles. The molecule has 2 aromatic heterocycles. The molecule has 0 fully saturated rings. The second kappa shape index (κ2) is 4.48. The number of hydrogen-bond acceptors (Lipinski definition) is 5. The fraction of sp³-hybridized carbons (Fsp3) is 0.0714. The third-order valence-electron chi connectivity index (χ3n) is 2.91. The molecule has 7 heteroatoms. The topological polar surface area (TPSA) is 114 Å². The molecule has 0 aliphatic carbocycles. The highest BCUT2D eigenvalue weighted by Crippen LogP contribution is 2.29. The van der Waals surface area contributed by atoms with Crippen LogP contribution in [-0.4, -0.2) is 27.1 Å². The van der Waals surface area contributed by atoms with Crippen LogP contribution in [0.5, 0.6) is 0 Å². The minimum Gasteiger partial charge on any atom is -0.476 e. The van der Waals surface area contributed by atoms with Gasteiger partial charge in [0.1, 0.15) is 5.58 Å². The molecule has 106 valence electrons. The summed E-state index contributed by atoms with van der Waals surface area (Å²) in [4.78, 5) is 25.6. The number of nitrogens with zero attached hydrogens (tertiary/aromatic N) is 1. The van der Waals surface area contributed by atoms with E-state index < -0.39 is 23.4 Å². The number of hydrogen-bond donors (Lipinski definition) is 2. The van der Waals surface area contributed by atoms with Crippen LogP contribution < -0.4 is 0 Å². The van der Waals surface area contributed by atoms with Gasteiger partial charge in [0.25, 0.3) is 5.89 Å². The van der Waals surface area contributed by atoms with Gasteiger partial charge in [0.15, 0.2) is 5.76 Å². The Morgan fingerprint density at radius 3 is 2.48 bits per heavy atom. The van der Waals surface area contributed by atoms with Crippen LogP contribution in [0.4, 0.5) is 0 Å². The summed E-state index contributed by atoms with van der Waals surface area (Å²) >= 11 is 0. The summed E-state index contributed by atoms with van der Waals surface area (Å²) in [6.07, 6.45) is 0. The van der Waals surface area contributed by atoms with Gasteiger partial charge in [-0.1, -0.05) is 11.6 Å². The summed E-state index contributed by atoms with van der Waals surface area (Å²) in [7, 11) is 0. The molecule has 3 aromatic rings. The summed E-state index contributed by atoms with van der Waals surface area (Å²) < 4.78 is 10.5. The third-order valence-corrected chi connectivity index (χ3v) is 2.91. The lowest BCUT2D eigenvalue weighted by atomic mass is 10.2. The summed E-state index contributed by atoms with van der Waals surface area (Å²) in [5, 5.41) is 18.6. The number of carbonyl (C=O) groups is 2. The Morgan fingerprint density at radius 1 is 1.10 bits per heavy atom. The molecule has 0 aliphatic heterocycles. The van der Waals surface area contributed by atoms with E-state index >= 15 is 0 Å². The first-order valence-corrected chi connectivity index (χ1v) is 5.93. The van der Waals surface area contributed by atoms with Gasteiger partial charge in [0.05, 0.1) is 0 Å². The van der Waals surface area contributed by atoms with Crippen molar-refractivity contribution < 1.29 is 28.6 Å². The summed E-state index contributed by atoms with van der Waals surface area (Å²) in [6, 6.07) is 7.11. The van der Waals surface area contributed by atoms with E-state index in [4.69, 9.17) is 19.0 Å². The first-order valence-electron chi connectivity index (χ1n) is 5.93. The van der Waals surface area contributed by atoms with E-state index in [0.29, 0.717) is 5.58 Å². The second-order valence-electron chi connectivity index (χ2n) is 4.46. The molecule has 7 nitrogen and oxygen atoms in total. The number of rotatable bonds is 3. The number of aromatic nitrogens is 1. The van der Waals surface area contributed by atoms with E-state index in [9.17, 15) is 9.59 Å². The number of benzene rings is 1. The van der Waals surface area contributed by atoms with Gasteiger partial charge in [-0.3, -0.25) is 0 Å². The lowest BCUT2D eigenvalue weighted by molar-refractivity contribution is 0.0624. The maximum absolute atomic E-state index is 11.0. The van der Waals surface area contributed by atoms with Crippen molar-refractivity contribution in [3.05, 3.63) is 41.3 Å². The maximum atomic E-state index is 11.0. The highest BCUT2D eigenvalue weighted by molar-refractivity contribution is 5.98. The molecule has 0 radical (unpaired) electrons. The van der Waals surface area contributed by atoms with Crippen LogP contribution in [0.15, 0.2) is 33.1 Å². The van der Waals surface area contributed by atoms with E-state index in [2.05, 4.69) is 4.98 Å². The third kappa shape index (κ3) is 2.14. The molecule has 21 heavy (non-hydrogen) atoms. The van der Waals surface area contributed by atoms with E-state index in [0.717, 1.165) is 10.9 Å². The minimum absolute atomic E-state index is 0.172. The fourth-order valence-electron chi connectivity index (χ4n) is 1.98. The molecule has 0 spiro atoms. The van der Waals surface area contributed by atoms with Crippen molar-refractivity contribution in [3.63, 3.8) is 0 Å². The number of carboxylic acid groups (broad SMARTS) is 2. The molecule has 0 aliphatic rings. The van der Waals surface area contributed by atoms with Crippen molar-refractivity contribution in [2.75, 3.05) is 0 Å². The highest BCUT2D eigenvalue weighted by Gasteiger charge is 2.26. The van der Waals surface area contributed by atoms with Gasteiger partial charge in [0, 0.05) is 5.39 Å². The summed E-state index contributed by atoms with van der Waals surface area (Å²) in [5.74, 6) is -3.72. The Kier molecular flexibility index (Phi) is 2.76. The van der Waals surface area contributed by atoms with Gasteiger partial charge < -0.3 is 19.0 Å². The molecule has 0 amide bonds. The SMILES string of the molecule is Cc1ccc2oc(-c3nc(C(=O)O)c(C(=O)O)o3)cc2c1. The average molecular weight is 287 g/mol. The van der Waals surface area contributed by atoms with Gasteiger partial charge in [-0.2, -0.15) is 4.98 Å². The van der Waals surface area contributed by atoms with E-state index in [1.165, 1.54) is 0 Å². The number of furan rings is 1. The van der Waals surface area contributed by atoms with Crippen molar-refractivity contribution in [1.82, 2.24) is 4.98 Å². The molecule has 0 atom stereocenters. The molecule has 2 heterocycles. The largest absolute Gasteiger partial charge is 0.476 e. The van der Waals surface area contributed by atoms with Gasteiger partial charge in [-0.25, -0.2) is 9.59 Å². The van der Waals surface area contributed by atoms with Gasteiger partial charge in [-0.05, 0) is 25.1 Å². The zero-order valence-corrected chi connectivity index (χ0v) is 10.8. The van der Waals surface area contributed by atoms with Gasteiger partial charge in [-0.15, -0.1) is 0 Å². The molecule has 0 saturated carbocycles. The minimum atomic E-state index is -1.50. The summed E-state index contributed by atoms with van der Waals surface area (Å²) in [5.41, 5.74) is 0.941. The van der Waals surface area contributed by atoms with Crippen LogP contribution in [0.1, 0.15) is 26.6 Å². The molecule has 0 unspecified atom stereocenters. The lowest BCUT2D eigenvalue weighted by Crippen LogP contribution is -2.05. The standard InChI is InChI=1S/C14H9NO6/c1-6-2-3-8-7(4-6)5-9(20-8)12-15-10(13(16)17)11(21-12)14(18)19/h2-5H,1H3,(H,16,17)(H,18,19). The van der Waals surface area contributed by atoms with Crippen LogP contribution in [0.2, 0.25) is 0 Å². The smallest absolute Gasteiger partial charge is 0.374 e. The molecular formula is C14H9NO6. The van der Waals surface area contributed by atoms with Crippen molar-refractivity contribution in [2.45, 2.75) is 6.92 Å². The van der Waals surface area contributed by atoms with Crippen LogP contribution >= 0.6 is 0 Å². The summed E-state index contributed by atoms with van der Waals surface area (Å²) in [6.45, 7) is 1.92. The van der Waals surface area contributed by atoms with E-state index in [1.54, 1.807) is 12.1 Å². The van der Waals surface area contributed by atoms with Crippen molar-refractivity contribution in [2.24, 2.45) is 0 Å². The predicted molar refractivity (Wildman–Crippen MR) is 70.4 cm³/mol. The lowest BCUT2D eigenvalue weighted by Gasteiger charge is -1.89. The number of aromatic carboxylic acids is 2. The normalized spacial score (nSPS) is 10.9. The predicted octanol–water partition coefficient (Wildman–Crippen LogP) is 2.79. The molecule has 0 saturated heterocycles. The highest BCUT2D eigenvalue weighted by atomic mass is 16.4. The Balaban J connectivity index is 2.16. The Hall–Kier alpha value is -3.09. The molecule has 3 rings (SSSR count). The number of fused-ring (bicyclic) bond motifs is 1. The Morgan fingerprint density at radius 2 is 1.86 bits per heavy atom. The average Bonchev–Trinajstić information content (AvgIpc) is 3.01. The van der Waals surface area contributed by atoms with Crippen LogP contribution in [0, 0.1) is 6.92 Å².